The number of carboxylic acid groups (broad SMARTS) is 1. The molecule has 7 heteroatoms. The summed E-state index contributed by atoms with van der Waals surface area (Å²) in [7, 11) is 0. The Balaban J connectivity index is 1.64. The first kappa shape index (κ1) is 18.2. The Kier molecular flexibility index (Phi) is 6.99. The minimum absolute atomic E-state index is 0.112. The first-order chi connectivity index (χ1) is 11.6. The average Bonchev–Trinajstić information content (AvgIpc) is 3.18. The van der Waals surface area contributed by atoms with Crippen LogP contribution in [0.5, 0.6) is 0 Å². The van der Waals surface area contributed by atoms with Gasteiger partial charge in [0, 0.05) is 30.1 Å². The van der Waals surface area contributed by atoms with E-state index in [0.29, 0.717) is 12.2 Å². The molecule has 2 aromatic heterocycles. The number of carboxylic acids is 1. The Labute approximate surface area is 145 Å². The number of aliphatic carboxylic acids is 1. The lowest BCUT2D eigenvalue weighted by atomic mass is 10.1. The standard InChI is InChI=1S/C17H23N3O3S/c1-12-20-15(11-24-12)13-9-14(19-10-13)17(23)18-8-6-4-2-3-5-7-16(21)22/h9-11,19H,2-8H2,1H3,(H,18,23)(H,21,22). The molecule has 0 aromatic carbocycles. The van der Waals surface area contributed by atoms with E-state index >= 15 is 0 Å². The molecule has 2 rings (SSSR count). The number of amides is 1. The highest BCUT2D eigenvalue weighted by Crippen LogP contribution is 2.22. The fourth-order valence-corrected chi connectivity index (χ4v) is 3.02. The fourth-order valence-electron chi connectivity index (χ4n) is 2.40. The molecule has 0 aliphatic heterocycles. The van der Waals surface area contributed by atoms with Gasteiger partial charge in [0.2, 0.25) is 0 Å². The summed E-state index contributed by atoms with van der Waals surface area (Å²) in [6.45, 7) is 2.58. The lowest BCUT2D eigenvalue weighted by Crippen LogP contribution is -2.24. The first-order valence-corrected chi connectivity index (χ1v) is 9.05. The van der Waals surface area contributed by atoms with Crippen LogP contribution < -0.4 is 5.32 Å². The first-order valence-electron chi connectivity index (χ1n) is 8.17. The second-order valence-electron chi connectivity index (χ2n) is 5.72. The minimum Gasteiger partial charge on any atom is -0.481 e. The Morgan fingerprint density at radius 1 is 1.25 bits per heavy atom. The van der Waals surface area contributed by atoms with Gasteiger partial charge in [-0.2, -0.15) is 0 Å². The number of aromatic amines is 1. The fraction of sp³-hybridized carbons (Fsp3) is 0.471. The van der Waals surface area contributed by atoms with Crippen LogP contribution in [0.4, 0.5) is 0 Å². The molecule has 0 saturated heterocycles. The number of nitrogens with one attached hydrogen (secondary N) is 2. The summed E-state index contributed by atoms with van der Waals surface area (Å²) < 4.78 is 0. The van der Waals surface area contributed by atoms with Gasteiger partial charge in [0.05, 0.1) is 10.7 Å². The third kappa shape index (κ3) is 5.81. The summed E-state index contributed by atoms with van der Waals surface area (Å²) in [6.07, 6.45) is 6.58. The van der Waals surface area contributed by atoms with Gasteiger partial charge in [0.1, 0.15) is 5.69 Å². The Morgan fingerprint density at radius 2 is 2.00 bits per heavy atom. The van der Waals surface area contributed by atoms with Crippen LogP contribution in [0.25, 0.3) is 11.3 Å². The molecule has 2 heterocycles. The maximum absolute atomic E-state index is 12.1. The van der Waals surface area contributed by atoms with Crippen molar-refractivity contribution in [1.82, 2.24) is 15.3 Å². The van der Waals surface area contributed by atoms with Crippen LogP contribution in [0.1, 0.15) is 54.0 Å². The molecule has 1 amide bonds. The van der Waals surface area contributed by atoms with Crippen LogP contribution in [0.2, 0.25) is 0 Å². The third-order valence-electron chi connectivity index (χ3n) is 3.70. The molecule has 2 aromatic rings. The van der Waals surface area contributed by atoms with Gasteiger partial charge in [-0.1, -0.05) is 19.3 Å². The summed E-state index contributed by atoms with van der Waals surface area (Å²) in [5.74, 6) is -0.848. The van der Waals surface area contributed by atoms with Crippen molar-refractivity contribution in [3.05, 3.63) is 28.3 Å². The van der Waals surface area contributed by atoms with E-state index < -0.39 is 5.97 Å². The number of carbonyl (C=O) groups is 2. The normalized spacial score (nSPS) is 10.7. The van der Waals surface area contributed by atoms with Crippen LogP contribution in [0.15, 0.2) is 17.6 Å². The predicted molar refractivity (Wildman–Crippen MR) is 94.3 cm³/mol. The van der Waals surface area contributed by atoms with Gasteiger partial charge in [0.25, 0.3) is 5.91 Å². The van der Waals surface area contributed by atoms with E-state index in [4.69, 9.17) is 5.11 Å². The van der Waals surface area contributed by atoms with Gasteiger partial charge >= 0.3 is 5.97 Å². The number of aromatic nitrogens is 2. The summed E-state index contributed by atoms with van der Waals surface area (Å²) in [5.41, 5.74) is 2.34. The number of H-pyrrole nitrogens is 1. The lowest BCUT2D eigenvalue weighted by Gasteiger charge is -2.03. The van der Waals surface area contributed by atoms with E-state index in [9.17, 15) is 9.59 Å². The molecule has 0 spiro atoms. The number of nitrogens with zero attached hydrogens (tertiary/aromatic N) is 1. The highest BCUT2D eigenvalue weighted by atomic mass is 32.1. The van der Waals surface area contributed by atoms with Crippen molar-refractivity contribution in [2.75, 3.05) is 6.54 Å². The molecular weight excluding hydrogens is 326 g/mol. The molecule has 130 valence electrons. The number of thiazole rings is 1. The van der Waals surface area contributed by atoms with E-state index in [2.05, 4.69) is 15.3 Å². The van der Waals surface area contributed by atoms with Crippen LogP contribution in [-0.2, 0) is 4.79 Å². The Bertz CT molecular complexity index is 678. The van der Waals surface area contributed by atoms with Crippen molar-refractivity contribution < 1.29 is 14.7 Å². The van der Waals surface area contributed by atoms with Gasteiger partial charge in [-0.15, -0.1) is 11.3 Å². The predicted octanol–water partition coefficient (Wildman–Crippen LogP) is 3.60. The molecule has 24 heavy (non-hydrogen) atoms. The van der Waals surface area contributed by atoms with E-state index in [-0.39, 0.29) is 12.3 Å². The Hall–Kier alpha value is -2.15. The number of aryl methyl sites for hydroxylation is 1. The molecule has 0 fully saturated rings. The summed E-state index contributed by atoms with van der Waals surface area (Å²) in [4.78, 5) is 29.9. The molecule has 0 atom stereocenters. The summed E-state index contributed by atoms with van der Waals surface area (Å²) in [6, 6.07) is 1.82. The van der Waals surface area contributed by atoms with Crippen molar-refractivity contribution >= 4 is 23.2 Å². The molecule has 0 aliphatic rings. The molecule has 0 unspecified atom stereocenters. The van der Waals surface area contributed by atoms with Gasteiger partial charge < -0.3 is 15.4 Å². The molecular formula is C17H23N3O3S. The van der Waals surface area contributed by atoms with Crippen molar-refractivity contribution in [3.63, 3.8) is 0 Å². The number of hydrogen-bond donors (Lipinski definition) is 3. The van der Waals surface area contributed by atoms with E-state index in [1.165, 1.54) is 0 Å². The van der Waals surface area contributed by atoms with Crippen molar-refractivity contribution in [1.29, 1.82) is 0 Å². The van der Waals surface area contributed by atoms with Crippen molar-refractivity contribution in [2.24, 2.45) is 0 Å². The van der Waals surface area contributed by atoms with Gasteiger partial charge in [-0.05, 0) is 25.8 Å². The monoisotopic (exact) mass is 349 g/mol. The zero-order valence-corrected chi connectivity index (χ0v) is 14.6. The smallest absolute Gasteiger partial charge is 0.303 e. The second-order valence-corrected chi connectivity index (χ2v) is 6.78. The molecule has 0 bridgehead atoms. The third-order valence-corrected chi connectivity index (χ3v) is 4.47. The van der Waals surface area contributed by atoms with Crippen molar-refractivity contribution in [3.8, 4) is 11.3 Å². The van der Waals surface area contributed by atoms with Crippen LogP contribution in [-0.4, -0.2) is 33.5 Å². The summed E-state index contributed by atoms with van der Waals surface area (Å²) >= 11 is 1.59. The molecule has 0 saturated carbocycles. The van der Waals surface area contributed by atoms with Crippen LogP contribution >= 0.6 is 11.3 Å². The highest BCUT2D eigenvalue weighted by Gasteiger charge is 2.10. The Morgan fingerprint density at radius 3 is 2.71 bits per heavy atom. The minimum atomic E-state index is -0.736. The van der Waals surface area contributed by atoms with E-state index in [1.807, 2.05) is 18.4 Å². The lowest BCUT2D eigenvalue weighted by molar-refractivity contribution is -0.137. The quantitative estimate of drug-likeness (QED) is 0.571. The zero-order chi connectivity index (χ0) is 17.4. The van der Waals surface area contributed by atoms with Gasteiger partial charge in [-0.3, -0.25) is 9.59 Å². The maximum atomic E-state index is 12.1. The topological polar surface area (TPSA) is 95.1 Å². The number of hydrogen-bond acceptors (Lipinski definition) is 4. The largest absolute Gasteiger partial charge is 0.481 e. The molecule has 6 nitrogen and oxygen atoms in total. The zero-order valence-electron chi connectivity index (χ0n) is 13.8. The molecule has 3 N–H and O–H groups in total. The molecule has 0 aliphatic carbocycles. The molecule has 0 radical (unpaired) electrons. The SMILES string of the molecule is Cc1nc(-c2c[nH]c(C(=O)NCCCCCCCC(=O)O)c2)cs1. The number of carbonyl (C=O) groups excluding carboxylic acids is 1. The second kappa shape index (κ2) is 9.22. The van der Waals surface area contributed by atoms with E-state index in [1.54, 1.807) is 17.5 Å². The highest BCUT2D eigenvalue weighted by molar-refractivity contribution is 7.09. The average molecular weight is 349 g/mol. The summed E-state index contributed by atoms with van der Waals surface area (Å²) in [5, 5.41) is 14.4. The number of rotatable bonds is 10. The van der Waals surface area contributed by atoms with Gasteiger partial charge in [-0.25, -0.2) is 4.98 Å². The van der Waals surface area contributed by atoms with Crippen LogP contribution in [0.3, 0.4) is 0 Å². The van der Waals surface area contributed by atoms with Gasteiger partial charge in [0.15, 0.2) is 0 Å². The maximum Gasteiger partial charge on any atom is 0.303 e. The van der Waals surface area contributed by atoms with Crippen molar-refractivity contribution in [2.45, 2.75) is 45.4 Å². The number of unbranched alkanes of at least 4 members (excludes halogenated alkanes) is 4. The van der Waals surface area contributed by atoms with Crippen LogP contribution in [0, 0.1) is 6.92 Å². The van der Waals surface area contributed by atoms with E-state index in [0.717, 1.165) is 48.4 Å².